The predicted octanol–water partition coefficient (Wildman–Crippen LogP) is 1.90. The van der Waals surface area contributed by atoms with Gasteiger partial charge in [0.2, 0.25) is 0 Å². The van der Waals surface area contributed by atoms with Crippen LogP contribution in [-0.2, 0) is 4.79 Å². The summed E-state index contributed by atoms with van der Waals surface area (Å²) >= 11 is 0. The molecular formula is C15H22ClN3O4. The molecule has 0 spiro atoms. The molecule has 8 heteroatoms. The van der Waals surface area contributed by atoms with Crippen molar-refractivity contribution in [2.24, 2.45) is 5.41 Å². The minimum Gasteiger partial charge on any atom is -0.477 e. The first-order chi connectivity index (χ1) is 10.5. The van der Waals surface area contributed by atoms with Gasteiger partial charge in [-0.15, -0.1) is 12.4 Å². The predicted molar refractivity (Wildman–Crippen MR) is 89.1 cm³/mol. The van der Waals surface area contributed by atoms with Crippen molar-refractivity contribution in [2.45, 2.75) is 19.8 Å². The van der Waals surface area contributed by atoms with Gasteiger partial charge in [-0.3, -0.25) is 14.9 Å². The van der Waals surface area contributed by atoms with Gasteiger partial charge in [-0.25, -0.2) is 0 Å². The molecular weight excluding hydrogens is 322 g/mol. The quantitative estimate of drug-likeness (QED) is 0.607. The lowest BCUT2D eigenvalue weighted by atomic mass is 9.81. The number of carbonyl (C=O) groups is 1. The molecule has 1 heterocycles. The first-order valence-electron chi connectivity index (χ1n) is 7.34. The number of hydrogen-bond acceptors (Lipinski definition) is 5. The molecule has 0 aliphatic carbocycles. The highest BCUT2D eigenvalue weighted by atomic mass is 35.5. The van der Waals surface area contributed by atoms with Gasteiger partial charge in [0.25, 0.3) is 5.91 Å². The number of para-hydroxylation sites is 2. The van der Waals surface area contributed by atoms with E-state index in [1.807, 2.05) is 0 Å². The Balaban J connectivity index is 0.00000264. The Kier molecular flexibility index (Phi) is 7.25. The zero-order chi connectivity index (χ0) is 16.0. The van der Waals surface area contributed by atoms with E-state index in [1.165, 1.54) is 12.1 Å². The van der Waals surface area contributed by atoms with Gasteiger partial charge in [0.1, 0.15) is 0 Å². The van der Waals surface area contributed by atoms with Crippen LogP contribution in [0.1, 0.15) is 19.8 Å². The van der Waals surface area contributed by atoms with Crippen molar-refractivity contribution >= 4 is 24.0 Å². The second-order valence-corrected chi connectivity index (χ2v) is 5.85. The Morgan fingerprint density at radius 3 is 2.70 bits per heavy atom. The number of ether oxygens (including phenoxy) is 1. The lowest BCUT2D eigenvalue weighted by molar-refractivity contribution is -0.385. The van der Waals surface area contributed by atoms with E-state index in [4.69, 9.17) is 4.74 Å². The number of halogens is 1. The largest absolute Gasteiger partial charge is 0.477 e. The smallest absolute Gasteiger partial charge is 0.310 e. The highest BCUT2D eigenvalue weighted by molar-refractivity contribution is 5.85. The number of nitro groups is 1. The van der Waals surface area contributed by atoms with Gasteiger partial charge in [-0.05, 0) is 37.4 Å². The maximum Gasteiger partial charge on any atom is 0.310 e. The summed E-state index contributed by atoms with van der Waals surface area (Å²) in [6.45, 7) is 4.43. The molecule has 2 N–H and O–H groups in total. The molecule has 0 bridgehead atoms. The third-order valence-electron chi connectivity index (χ3n) is 3.94. The molecule has 0 saturated carbocycles. The van der Waals surface area contributed by atoms with Crippen LogP contribution in [0.5, 0.6) is 5.75 Å². The summed E-state index contributed by atoms with van der Waals surface area (Å²) in [6, 6.07) is 6.03. The van der Waals surface area contributed by atoms with E-state index in [-0.39, 0.29) is 41.8 Å². The Bertz CT molecular complexity index is 547. The topological polar surface area (TPSA) is 93.5 Å². The van der Waals surface area contributed by atoms with Gasteiger partial charge in [-0.1, -0.05) is 19.1 Å². The molecule has 128 valence electrons. The Labute approximate surface area is 141 Å². The zero-order valence-electron chi connectivity index (χ0n) is 13.0. The Hall–Kier alpha value is -1.86. The average Bonchev–Trinajstić information content (AvgIpc) is 2.52. The molecule has 1 aromatic carbocycles. The van der Waals surface area contributed by atoms with Crippen LogP contribution in [0, 0.1) is 15.5 Å². The average molecular weight is 344 g/mol. The highest BCUT2D eigenvalue weighted by Gasteiger charge is 2.27. The van der Waals surface area contributed by atoms with E-state index in [0.717, 1.165) is 25.9 Å². The van der Waals surface area contributed by atoms with Gasteiger partial charge in [0.15, 0.2) is 12.4 Å². The Morgan fingerprint density at radius 2 is 2.04 bits per heavy atom. The molecule has 23 heavy (non-hydrogen) atoms. The molecule has 1 amide bonds. The van der Waals surface area contributed by atoms with Crippen LogP contribution in [0.2, 0.25) is 0 Å². The van der Waals surface area contributed by atoms with Crippen LogP contribution >= 0.6 is 12.4 Å². The first kappa shape index (κ1) is 19.2. The normalized spacial score (nSPS) is 16.0. The monoisotopic (exact) mass is 343 g/mol. The summed E-state index contributed by atoms with van der Waals surface area (Å²) in [5.41, 5.74) is -0.0414. The summed E-state index contributed by atoms with van der Waals surface area (Å²) in [7, 11) is 0. The number of nitrogens with one attached hydrogen (secondary N) is 2. The lowest BCUT2D eigenvalue weighted by Gasteiger charge is -2.34. The molecule has 1 aromatic rings. The van der Waals surface area contributed by atoms with Crippen LogP contribution in [0.15, 0.2) is 24.3 Å². The number of benzene rings is 1. The molecule has 2 rings (SSSR count). The second-order valence-electron chi connectivity index (χ2n) is 5.85. The van der Waals surface area contributed by atoms with Crippen molar-refractivity contribution in [3.8, 4) is 5.75 Å². The third kappa shape index (κ3) is 5.69. The molecule has 1 saturated heterocycles. The molecule has 0 atom stereocenters. The second kappa shape index (κ2) is 8.69. The molecule has 7 nitrogen and oxygen atoms in total. The molecule has 1 aliphatic heterocycles. The zero-order valence-corrected chi connectivity index (χ0v) is 13.9. The van der Waals surface area contributed by atoms with Crippen molar-refractivity contribution in [3.05, 3.63) is 34.4 Å². The van der Waals surface area contributed by atoms with E-state index in [2.05, 4.69) is 17.6 Å². The number of rotatable bonds is 6. The maximum atomic E-state index is 11.9. The van der Waals surface area contributed by atoms with Crippen molar-refractivity contribution in [3.63, 3.8) is 0 Å². The van der Waals surface area contributed by atoms with E-state index in [9.17, 15) is 14.9 Å². The van der Waals surface area contributed by atoms with Crippen molar-refractivity contribution in [2.75, 3.05) is 26.2 Å². The number of hydrogen-bond donors (Lipinski definition) is 2. The fourth-order valence-electron chi connectivity index (χ4n) is 2.44. The fourth-order valence-corrected chi connectivity index (χ4v) is 2.44. The van der Waals surface area contributed by atoms with E-state index in [0.29, 0.717) is 6.54 Å². The number of piperidine rings is 1. The Morgan fingerprint density at radius 1 is 1.39 bits per heavy atom. The van der Waals surface area contributed by atoms with Crippen LogP contribution < -0.4 is 15.4 Å². The van der Waals surface area contributed by atoms with Crippen LogP contribution in [0.4, 0.5) is 5.69 Å². The third-order valence-corrected chi connectivity index (χ3v) is 3.94. The van der Waals surface area contributed by atoms with Crippen LogP contribution in [0.3, 0.4) is 0 Å². The molecule has 0 unspecified atom stereocenters. The number of nitrogens with zero attached hydrogens (tertiary/aromatic N) is 1. The summed E-state index contributed by atoms with van der Waals surface area (Å²) in [4.78, 5) is 22.2. The molecule has 1 fully saturated rings. The fraction of sp³-hybridized carbons (Fsp3) is 0.533. The van der Waals surface area contributed by atoms with Crippen LogP contribution in [-0.4, -0.2) is 37.1 Å². The number of nitro benzene ring substituents is 1. The van der Waals surface area contributed by atoms with Crippen LogP contribution in [0.25, 0.3) is 0 Å². The lowest BCUT2D eigenvalue weighted by Crippen LogP contribution is -2.43. The maximum absolute atomic E-state index is 11.9. The summed E-state index contributed by atoms with van der Waals surface area (Å²) < 4.78 is 5.27. The molecule has 0 radical (unpaired) electrons. The van der Waals surface area contributed by atoms with Gasteiger partial charge in [0.05, 0.1) is 4.92 Å². The summed E-state index contributed by atoms with van der Waals surface area (Å²) in [5, 5.41) is 17.0. The van der Waals surface area contributed by atoms with Crippen molar-refractivity contribution in [1.82, 2.24) is 10.6 Å². The van der Waals surface area contributed by atoms with Crippen molar-refractivity contribution in [1.29, 1.82) is 0 Å². The van der Waals surface area contributed by atoms with Gasteiger partial charge < -0.3 is 15.4 Å². The minimum atomic E-state index is -0.525. The van der Waals surface area contributed by atoms with Gasteiger partial charge in [0, 0.05) is 12.6 Å². The van der Waals surface area contributed by atoms with E-state index < -0.39 is 4.92 Å². The number of amides is 1. The van der Waals surface area contributed by atoms with Gasteiger partial charge in [-0.2, -0.15) is 0 Å². The van der Waals surface area contributed by atoms with Gasteiger partial charge >= 0.3 is 5.69 Å². The number of carbonyl (C=O) groups excluding carboxylic acids is 1. The first-order valence-corrected chi connectivity index (χ1v) is 7.34. The highest BCUT2D eigenvalue weighted by Crippen LogP contribution is 2.27. The SMILES string of the molecule is CC1(CNC(=O)COc2ccccc2[N+](=O)[O-])CCNCC1.Cl. The van der Waals surface area contributed by atoms with E-state index in [1.54, 1.807) is 12.1 Å². The minimum absolute atomic E-state index is 0. The van der Waals surface area contributed by atoms with E-state index >= 15 is 0 Å². The summed E-state index contributed by atoms with van der Waals surface area (Å²) in [5.74, 6) is -0.159. The standard InChI is InChI=1S/C15H21N3O4.ClH/c1-15(6-8-16-9-7-15)11-17-14(19)10-22-13-5-3-2-4-12(13)18(20)21;/h2-5,16H,6-11H2,1H3,(H,17,19);1H. The summed E-state index contributed by atoms with van der Waals surface area (Å²) in [6.07, 6.45) is 2.02. The molecule has 0 aromatic heterocycles. The van der Waals surface area contributed by atoms with Crippen molar-refractivity contribution < 1.29 is 14.5 Å². The molecule has 1 aliphatic rings.